The zero-order valence-corrected chi connectivity index (χ0v) is 15.7. The molecular weight excluding hydrogens is 348 g/mol. The highest BCUT2D eigenvalue weighted by molar-refractivity contribution is 6.09. The number of ketones is 1. The maximum absolute atomic E-state index is 12.6. The lowest BCUT2D eigenvalue weighted by Crippen LogP contribution is -2.14. The third kappa shape index (κ3) is 5.04. The predicted octanol–water partition coefficient (Wildman–Crippen LogP) is 5.28. The van der Waals surface area contributed by atoms with Crippen LogP contribution in [-0.2, 0) is 9.53 Å². The molecule has 3 nitrogen and oxygen atoms in total. The number of hydrogen-bond donors (Lipinski definition) is 0. The quantitative estimate of drug-likeness (QED) is 0.420. The standard InChI is InChI=1S/C25H22O3/c1-19(25(27)28-17-9-12-20-10-4-2-5-11-20)22-15-8-16-23(18-22)24(26)21-13-6-3-7-14-21/h2-16,18-19H,17H2,1H3/b12-9+. The number of carbonyl (C=O) groups excluding carboxylic acids is 2. The van der Waals surface area contributed by atoms with Crippen molar-refractivity contribution in [2.24, 2.45) is 0 Å². The second kappa shape index (κ2) is 9.47. The molecule has 0 saturated heterocycles. The average molecular weight is 370 g/mol. The van der Waals surface area contributed by atoms with E-state index in [0.717, 1.165) is 11.1 Å². The number of carbonyl (C=O) groups is 2. The molecule has 0 amide bonds. The van der Waals surface area contributed by atoms with Gasteiger partial charge in [0.05, 0.1) is 5.92 Å². The zero-order chi connectivity index (χ0) is 19.8. The Morgan fingerprint density at radius 2 is 1.50 bits per heavy atom. The molecule has 140 valence electrons. The zero-order valence-electron chi connectivity index (χ0n) is 15.7. The summed E-state index contributed by atoms with van der Waals surface area (Å²) in [6, 6.07) is 26.1. The van der Waals surface area contributed by atoms with Crippen molar-refractivity contribution in [2.75, 3.05) is 6.61 Å². The van der Waals surface area contributed by atoms with Crippen LogP contribution in [0.25, 0.3) is 6.08 Å². The Balaban J connectivity index is 1.62. The molecule has 28 heavy (non-hydrogen) atoms. The fraction of sp³-hybridized carbons (Fsp3) is 0.120. The molecule has 0 aliphatic rings. The van der Waals surface area contributed by atoms with Crippen molar-refractivity contribution in [1.82, 2.24) is 0 Å². The van der Waals surface area contributed by atoms with Crippen molar-refractivity contribution in [3.05, 3.63) is 113 Å². The smallest absolute Gasteiger partial charge is 0.313 e. The van der Waals surface area contributed by atoms with Gasteiger partial charge in [0.1, 0.15) is 6.61 Å². The van der Waals surface area contributed by atoms with Gasteiger partial charge in [-0.1, -0.05) is 84.9 Å². The van der Waals surface area contributed by atoms with Gasteiger partial charge in [-0.3, -0.25) is 9.59 Å². The Kier molecular flexibility index (Phi) is 6.53. The van der Waals surface area contributed by atoms with Crippen LogP contribution < -0.4 is 0 Å². The van der Waals surface area contributed by atoms with Crippen LogP contribution in [0.4, 0.5) is 0 Å². The van der Waals surface area contributed by atoms with Gasteiger partial charge in [0, 0.05) is 11.1 Å². The summed E-state index contributed by atoms with van der Waals surface area (Å²) in [6.45, 7) is 2.00. The summed E-state index contributed by atoms with van der Waals surface area (Å²) in [5, 5.41) is 0. The third-order valence-electron chi connectivity index (χ3n) is 4.47. The van der Waals surface area contributed by atoms with E-state index in [1.807, 2.05) is 66.7 Å². The molecule has 0 aliphatic carbocycles. The van der Waals surface area contributed by atoms with Crippen molar-refractivity contribution in [2.45, 2.75) is 12.8 Å². The molecule has 3 aromatic carbocycles. The molecule has 3 aromatic rings. The molecule has 0 saturated carbocycles. The normalized spacial score (nSPS) is 11.9. The summed E-state index contributed by atoms with van der Waals surface area (Å²) < 4.78 is 5.35. The lowest BCUT2D eigenvalue weighted by Gasteiger charge is -2.12. The third-order valence-corrected chi connectivity index (χ3v) is 4.47. The first-order valence-electron chi connectivity index (χ1n) is 9.23. The summed E-state index contributed by atoms with van der Waals surface area (Å²) in [5.74, 6) is -0.829. The number of ether oxygens (including phenoxy) is 1. The molecule has 1 unspecified atom stereocenters. The SMILES string of the molecule is CC(C(=O)OC/C=C/c1ccccc1)c1cccc(C(=O)c2ccccc2)c1. The van der Waals surface area contributed by atoms with E-state index in [1.54, 1.807) is 37.3 Å². The van der Waals surface area contributed by atoms with E-state index < -0.39 is 5.92 Å². The molecule has 0 N–H and O–H groups in total. The van der Waals surface area contributed by atoms with Gasteiger partial charge in [0.25, 0.3) is 0 Å². The second-order valence-electron chi connectivity index (χ2n) is 6.49. The highest BCUT2D eigenvalue weighted by atomic mass is 16.5. The van der Waals surface area contributed by atoms with E-state index in [-0.39, 0.29) is 18.4 Å². The number of hydrogen-bond acceptors (Lipinski definition) is 3. The van der Waals surface area contributed by atoms with Gasteiger partial charge in [-0.15, -0.1) is 0 Å². The van der Waals surface area contributed by atoms with Crippen LogP contribution >= 0.6 is 0 Å². The molecule has 0 radical (unpaired) electrons. The predicted molar refractivity (Wildman–Crippen MR) is 111 cm³/mol. The molecule has 0 fully saturated rings. The number of rotatable bonds is 7. The summed E-state index contributed by atoms with van der Waals surface area (Å²) in [6.07, 6.45) is 3.73. The maximum Gasteiger partial charge on any atom is 0.313 e. The average Bonchev–Trinajstić information content (AvgIpc) is 2.77. The maximum atomic E-state index is 12.6. The van der Waals surface area contributed by atoms with Crippen LogP contribution in [0, 0.1) is 0 Å². The fourth-order valence-electron chi connectivity index (χ4n) is 2.85. The summed E-state index contributed by atoms with van der Waals surface area (Å²) in [4.78, 5) is 25.0. The molecule has 0 heterocycles. The summed E-state index contributed by atoms with van der Waals surface area (Å²) in [7, 11) is 0. The lowest BCUT2D eigenvalue weighted by atomic mass is 9.96. The van der Waals surface area contributed by atoms with Gasteiger partial charge >= 0.3 is 5.97 Å². The van der Waals surface area contributed by atoms with Crippen LogP contribution in [0.3, 0.4) is 0 Å². The summed E-state index contributed by atoms with van der Waals surface area (Å²) in [5.41, 5.74) is 3.01. The van der Waals surface area contributed by atoms with Crippen LogP contribution in [0.1, 0.15) is 39.9 Å². The van der Waals surface area contributed by atoms with E-state index in [9.17, 15) is 9.59 Å². The van der Waals surface area contributed by atoms with Gasteiger partial charge in [-0.25, -0.2) is 0 Å². The highest BCUT2D eigenvalue weighted by Gasteiger charge is 2.18. The van der Waals surface area contributed by atoms with Crippen molar-refractivity contribution in [1.29, 1.82) is 0 Å². The van der Waals surface area contributed by atoms with Crippen LogP contribution in [-0.4, -0.2) is 18.4 Å². The molecule has 3 heteroatoms. The highest BCUT2D eigenvalue weighted by Crippen LogP contribution is 2.20. The first-order valence-corrected chi connectivity index (χ1v) is 9.23. The lowest BCUT2D eigenvalue weighted by molar-refractivity contribution is -0.143. The molecule has 3 rings (SSSR count). The van der Waals surface area contributed by atoms with Crippen LogP contribution in [0.2, 0.25) is 0 Å². The van der Waals surface area contributed by atoms with Crippen LogP contribution in [0.5, 0.6) is 0 Å². The van der Waals surface area contributed by atoms with Gasteiger partial charge < -0.3 is 4.74 Å². The second-order valence-corrected chi connectivity index (χ2v) is 6.49. The minimum absolute atomic E-state index is 0.0613. The number of benzene rings is 3. The van der Waals surface area contributed by atoms with Crippen LogP contribution in [0.15, 0.2) is 91.0 Å². The van der Waals surface area contributed by atoms with Crippen molar-refractivity contribution in [3.8, 4) is 0 Å². The molecule has 0 bridgehead atoms. The number of esters is 1. The van der Waals surface area contributed by atoms with Gasteiger partial charge in [0.2, 0.25) is 0 Å². The van der Waals surface area contributed by atoms with E-state index in [4.69, 9.17) is 4.74 Å². The first-order chi connectivity index (χ1) is 13.6. The van der Waals surface area contributed by atoms with Gasteiger partial charge in [-0.2, -0.15) is 0 Å². The Labute approximate surface area is 165 Å². The Morgan fingerprint density at radius 3 is 2.21 bits per heavy atom. The molecule has 0 spiro atoms. The molecule has 0 aliphatic heterocycles. The Bertz CT molecular complexity index is 959. The Morgan fingerprint density at radius 1 is 0.857 bits per heavy atom. The fourth-order valence-corrected chi connectivity index (χ4v) is 2.85. The molecule has 0 aromatic heterocycles. The molecule has 1 atom stereocenters. The van der Waals surface area contributed by atoms with E-state index in [2.05, 4.69) is 0 Å². The van der Waals surface area contributed by atoms with Crippen molar-refractivity contribution >= 4 is 17.8 Å². The molecular formula is C25H22O3. The van der Waals surface area contributed by atoms with Gasteiger partial charge in [-0.05, 0) is 30.2 Å². The van der Waals surface area contributed by atoms with Crippen molar-refractivity contribution in [3.63, 3.8) is 0 Å². The minimum atomic E-state index is -0.450. The summed E-state index contributed by atoms with van der Waals surface area (Å²) >= 11 is 0. The largest absolute Gasteiger partial charge is 0.461 e. The van der Waals surface area contributed by atoms with E-state index in [0.29, 0.717) is 11.1 Å². The van der Waals surface area contributed by atoms with E-state index >= 15 is 0 Å². The van der Waals surface area contributed by atoms with Gasteiger partial charge in [0.15, 0.2) is 5.78 Å². The monoisotopic (exact) mass is 370 g/mol. The Hall–Kier alpha value is -3.46. The topological polar surface area (TPSA) is 43.4 Å². The van der Waals surface area contributed by atoms with Crippen molar-refractivity contribution < 1.29 is 14.3 Å². The first kappa shape index (κ1) is 19.3. The minimum Gasteiger partial charge on any atom is -0.461 e. The van der Waals surface area contributed by atoms with E-state index in [1.165, 1.54) is 0 Å².